The fourth-order valence-corrected chi connectivity index (χ4v) is 16.6. The van der Waals surface area contributed by atoms with Crippen LogP contribution in [-0.2, 0) is 62.4 Å². The van der Waals surface area contributed by atoms with Crippen LogP contribution in [0.5, 0.6) is 0 Å². The third kappa shape index (κ3) is 22.7. The molecule has 43 heteroatoms. The molecule has 0 radical (unpaired) electrons. The van der Waals surface area contributed by atoms with E-state index < -0.39 is 17.7 Å². The summed E-state index contributed by atoms with van der Waals surface area (Å²) in [5.41, 5.74) is 9.60. The molecule has 21 rings (SSSR count). The van der Waals surface area contributed by atoms with Gasteiger partial charge in [0.1, 0.15) is 23.3 Å². The van der Waals surface area contributed by atoms with Crippen LogP contribution in [-0.4, -0.2) is 247 Å². The Morgan fingerprint density at radius 2 is 0.812 bits per heavy atom. The number of aromatic nitrogens is 17. The predicted molar refractivity (Wildman–Crippen MR) is 508 cm³/mol. The second-order valence-corrected chi connectivity index (χ2v) is 34.1. The number of likely N-dealkylation sites (N-methyl/N-ethyl adjacent to an activating group) is 1. The zero-order chi connectivity index (χ0) is 95.3. The molecule has 1 saturated carbocycles. The predicted octanol–water partition coefficient (Wildman–Crippen LogP) is 7.64. The van der Waals surface area contributed by atoms with Crippen molar-refractivity contribution in [2.45, 2.75) is 83.6 Å². The Kier molecular flexibility index (Phi) is 28.1. The van der Waals surface area contributed by atoms with Crippen LogP contribution in [0.15, 0.2) is 175 Å². The van der Waals surface area contributed by atoms with Crippen molar-refractivity contribution in [3.05, 3.63) is 231 Å². The lowest BCUT2D eigenvalue weighted by Gasteiger charge is -2.35. The highest BCUT2D eigenvalue weighted by Gasteiger charge is 2.33. The van der Waals surface area contributed by atoms with Crippen molar-refractivity contribution >= 4 is 153 Å². The van der Waals surface area contributed by atoms with E-state index in [1.165, 1.54) is 49.2 Å². The van der Waals surface area contributed by atoms with E-state index in [1.807, 2.05) is 66.7 Å². The number of nitrogens with one attached hydrogen (secondary N) is 9. The minimum absolute atomic E-state index is 0.0162. The number of anilines is 10. The van der Waals surface area contributed by atoms with Gasteiger partial charge in [-0.1, -0.05) is 60.7 Å². The Morgan fingerprint density at radius 3 is 1.22 bits per heavy atom. The van der Waals surface area contributed by atoms with E-state index in [-0.39, 0.29) is 78.7 Å². The Labute approximate surface area is 787 Å². The van der Waals surface area contributed by atoms with Gasteiger partial charge < -0.3 is 55.8 Å². The maximum atomic E-state index is 13.6. The number of rotatable bonds is 25. The number of imide groups is 4. The van der Waals surface area contributed by atoms with Crippen molar-refractivity contribution in [2.24, 2.45) is 5.92 Å². The number of benzene rings is 4. The number of nitrogens with zero attached hydrogens (tertiary/aromatic N) is 22. The van der Waals surface area contributed by atoms with Gasteiger partial charge in [-0.05, 0) is 173 Å². The van der Waals surface area contributed by atoms with Gasteiger partial charge in [-0.3, -0.25) is 59.6 Å². The molecular formula is C95H98F3N31O9. The van der Waals surface area contributed by atoms with E-state index >= 15 is 0 Å². The molecule has 0 spiro atoms. The quantitative estimate of drug-likeness (QED) is 0.0196. The second kappa shape index (κ2) is 42.1. The fraction of sp³-hybridized carbons (Fsp3) is 0.316. The molecular weight excluding hydrogens is 1780 g/mol. The van der Waals surface area contributed by atoms with Crippen LogP contribution in [0.1, 0.15) is 97.2 Å². The van der Waals surface area contributed by atoms with Crippen LogP contribution in [0.4, 0.5) is 72.3 Å². The highest BCUT2D eigenvalue weighted by atomic mass is 19.1. The Hall–Kier alpha value is -16.3. The number of hydrogen-bond donors (Lipinski definition) is 9. The third-order valence-corrected chi connectivity index (χ3v) is 24.0. The van der Waals surface area contributed by atoms with Crippen molar-refractivity contribution < 1.29 is 56.3 Å². The molecule has 138 heavy (non-hydrogen) atoms. The maximum Gasteiger partial charge on any atom is 0.254 e. The number of carbonyl (C=O) groups excluding carboxylic acids is 8. The number of pyridine rings is 1. The molecule has 4 aromatic carbocycles. The molecule has 7 saturated heterocycles. The molecule has 0 bridgehead atoms. The maximum absolute atomic E-state index is 13.6. The van der Waals surface area contributed by atoms with Gasteiger partial charge in [-0.2, -0.15) is 78.3 Å². The first-order valence-corrected chi connectivity index (χ1v) is 45.6. The first kappa shape index (κ1) is 92.1. The number of carbonyl (C=O) groups is 8. The monoisotopic (exact) mass is 1870 g/mol. The topological polar surface area (TPSA) is 455 Å². The smallest absolute Gasteiger partial charge is 0.254 e. The zero-order valence-corrected chi connectivity index (χ0v) is 75.4. The molecule has 8 fully saturated rings. The average Bonchev–Trinajstić information content (AvgIpc) is 1.61. The molecule has 9 aromatic heterocycles. The van der Waals surface area contributed by atoms with Crippen LogP contribution < -0.4 is 67.5 Å². The number of ether oxygens (including phenoxy) is 1. The lowest BCUT2D eigenvalue weighted by Crippen LogP contribution is -2.47. The van der Waals surface area contributed by atoms with Crippen LogP contribution >= 0.6 is 0 Å². The van der Waals surface area contributed by atoms with Crippen molar-refractivity contribution in [2.75, 3.05) is 152 Å². The molecule has 708 valence electrons. The number of piperazine rings is 1. The van der Waals surface area contributed by atoms with E-state index in [0.717, 1.165) is 86.9 Å². The van der Waals surface area contributed by atoms with Gasteiger partial charge in [-0.15, -0.1) is 0 Å². The Bertz CT molecular complexity index is 6920. The lowest BCUT2D eigenvalue weighted by atomic mass is 10.1. The third-order valence-electron chi connectivity index (χ3n) is 24.0. The minimum atomic E-state index is -0.410. The molecule has 1 unspecified atom stereocenters. The summed E-state index contributed by atoms with van der Waals surface area (Å²) >= 11 is 0. The number of para-hydroxylation sites is 1. The van der Waals surface area contributed by atoms with Crippen molar-refractivity contribution in [3.63, 3.8) is 0 Å². The summed E-state index contributed by atoms with van der Waals surface area (Å²) in [6.45, 7) is 12.7. The molecule has 13 aromatic rings. The van der Waals surface area contributed by atoms with E-state index in [1.54, 1.807) is 91.5 Å². The highest BCUT2D eigenvalue weighted by molar-refractivity contribution is 6.18. The van der Waals surface area contributed by atoms with Crippen molar-refractivity contribution in [1.82, 2.24) is 109 Å². The normalized spacial score (nSPS) is 17.9. The van der Waals surface area contributed by atoms with E-state index in [9.17, 15) is 51.5 Å². The van der Waals surface area contributed by atoms with Gasteiger partial charge >= 0.3 is 0 Å². The molecule has 16 heterocycles. The minimum Gasteiger partial charge on any atom is -0.380 e. The summed E-state index contributed by atoms with van der Waals surface area (Å²) < 4.78 is 52.6. The molecule has 7 aliphatic heterocycles. The number of fused-ring (bicyclic) bond motifs is 4. The zero-order valence-electron chi connectivity index (χ0n) is 75.4. The first-order valence-electron chi connectivity index (χ1n) is 45.6. The lowest BCUT2D eigenvalue weighted by molar-refractivity contribution is -0.125. The Balaban J connectivity index is 0.000000123. The summed E-state index contributed by atoms with van der Waals surface area (Å²) in [6.07, 6.45) is 21.0. The van der Waals surface area contributed by atoms with Crippen LogP contribution in [0.25, 0.3) is 46.9 Å². The first-order chi connectivity index (χ1) is 67.1. The van der Waals surface area contributed by atoms with E-state index in [0.29, 0.717) is 192 Å². The second-order valence-electron chi connectivity index (χ2n) is 34.1. The number of halogens is 3. The summed E-state index contributed by atoms with van der Waals surface area (Å²) in [5, 5.41) is 43.5. The van der Waals surface area contributed by atoms with Crippen LogP contribution in [0.3, 0.4) is 0 Å². The van der Waals surface area contributed by atoms with Gasteiger partial charge in [-0.25, -0.2) is 18.2 Å². The number of amides is 8. The SMILES string of the molecule is CC(Nc1nc(Nc2ccccc2)n2ncc(/C=C3\CC(=O)NC3=O)c2n1)C1CC1.CN1CCCN(c2nc(NCCc3cccc(F)c3)n3ncc(/C=C4\CC(=O)NC4=O)c3n2)CC1.O=C1C/C(=C\c2cnn3c(NCCc4cccc(F)c4)nc(N4CCCOCC4)nc23)C(=O)N1.O=C1C/C(=C\c2cnn3c(NCCc4cccc(F)c4)nc(N4CCN(c5ccccn5)CC4)nc23)C(=O)N1. The standard InChI is InChI=1S/C27H26FN9O2.C24H27FN8O2.C23H24FN7O3.C21H21N7O2/c28-21-5-3-4-18(14-21)7-9-30-26-34-27(36-12-10-35(11-13-36)22-6-1-2-8-29-22)33-24-20(17-31-37(24)26)15-19-16-23(38)32-25(19)39;1-31-8-3-9-32(11-10-31)24-29-21-18(13-17-14-20(34)28-22(17)35)15-27-33(21)23(30-24)26-7-6-16-4-2-5-19(25)12-16;24-18-4-1-3-15(11-18)5-6-25-22-29-23(30-7-2-9-34-10-8-30)28-20-17(14-26-31(20)22)12-16-13-19(32)27-21(16)33;1-12(13-7-8-13)23-20-26-18-15(9-14-10-17(29)25-19(14)30)11-22-28(18)21(27-20)24-16-5-3-2-4-6-16/h1-6,8,14-15,17H,7,9-13,16H2,(H,30,33,34)(H,32,38,39);2,4-5,12-13,15H,3,6-11,14H2,1H3,(H,26,29,30)(H,28,34,35);1,3-4,11-12,14H,2,5-10,13H2,(H,25,28,29)(H,27,32,33);2-6,9,11-13H,7-8,10H2,1H3,(H,25,29,30)(H2,23,24,26,27)/b19-15+;17-13+;16-12+;14-9+. The van der Waals surface area contributed by atoms with Crippen LogP contribution in [0.2, 0.25) is 0 Å². The molecule has 40 nitrogen and oxygen atoms in total. The van der Waals surface area contributed by atoms with Gasteiger partial charge in [0.25, 0.3) is 23.6 Å². The highest BCUT2D eigenvalue weighted by Crippen LogP contribution is 2.35. The molecule has 9 N–H and O–H groups in total. The summed E-state index contributed by atoms with van der Waals surface area (Å²) in [6, 6.07) is 35.3. The van der Waals surface area contributed by atoms with Gasteiger partial charge in [0.15, 0.2) is 22.6 Å². The molecule has 1 aliphatic carbocycles. The van der Waals surface area contributed by atoms with Gasteiger partial charge in [0.2, 0.25) is 71.2 Å². The summed E-state index contributed by atoms with van der Waals surface area (Å²) in [7, 11) is 2.10. The summed E-state index contributed by atoms with van der Waals surface area (Å²) in [5.74, 6) is 2.00. The molecule has 1 atom stereocenters. The fourth-order valence-electron chi connectivity index (χ4n) is 16.6. The van der Waals surface area contributed by atoms with Crippen LogP contribution in [0, 0.1) is 23.4 Å². The van der Waals surface area contributed by atoms with E-state index in [2.05, 4.69) is 122 Å². The Morgan fingerprint density at radius 1 is 0.413 bits per heavy atom. The average molecular weight is 1880 g/mol. The molecule has 8 aliphatic rings. The summed E-state index contributed by atoms with van der Waals surface area (Å²) in [4.78, 5) is 148. The largest absolute Gasteiger partial charge is 0.380 e. The van der Waals surface area contributed by atoms with E-state index in [4.69, 9.17) is 34.6 Å². The number of hydrogen-bond acceptors (Lipinski definition) is 32. The van der Waals surface area contributed by atoms with Crippen molar-refractivity contribution in [1.29, 1.82) is 0 Å². The molecule has 8 amide bonds. The van der Waals surface area contributed by atoms with Gasteiger partial charge in [0, 0.05) is 148 Å². The van der Waals surface area contributed by atoms with Gasteiger partial charge in [0.05, 0.1) is 57.1 Å². The van der Waals surface area contributed by atoms with Crippen molar-refractivity contribution in [3.8, 4) is 0 Å².